The topological polar surface area (TPSA) is 42.0 Å². The van der Waals surface area contributed by atoms with Crippen LogP contribution in [0.5, 0.6) is 0 Å². The van der Waals surface area contributed by atoms with Gasteiger partial charge in [0.15, 0.2) is 0 Å². The van der Waals surface area contributed by atoms with Crippen molar-refractivity contribution >= 4 is 22.9 Å². The molecule has 116 valence electrons. The van der Waals surface area contributed by atoms with Crippen molar-refractivity contribution in [2.75, 3.05) is 5.32 Å². The maximum atomic E-state index is 13.2. The fourth-order valence-electron chi connectivity index (χ4n) is 2.08. The largest absolute Gasteiger partial charge is 0.321 e. The van der Waals surface area contributed by atoms with Gasteiger partial charge in [0.1, 0.15) is 21.5 Å². The minimum atomic E-state index is -0.421. The van der Waals surface area contributed by atoms with Crippen LogP contribution in [0.2, 0.25) is 0 Å². The Morgan fingerprint density at radius 2 is 1.83 bits per heavy atom. The molecule has 2 aromatic carbocycles. The molecule has 0 atom stereocenters. The van der Waals surface area contributed by atoms with Crippen LogP contribution in [0.1, 0.15) is 15.4 Å². The lowest BCUT2D eigenvalue weighted by molar-refractivity contribution is 0.103. The zero-order valence-corrected chi connectivity index (χ0v) is 13.0. The molecule has 0 saturated carbocycles. The first-order valence-corrected chi connectivity index (χ1v) is 7.65. The third-order valence-corrected chi connectivity index (χ3v) is 4.38. The molecule has 0 spiro atoms. The fourth-order valence-corrected chi connectivity index (χ4v) is 3.04. The Balaban J connectivity index is 1.85. The van der Waals surface area contributed by atoms with Gasteiger partial charge < -0.3 is 5.32 Å². The number of halogens is 2. The molecule has 0 saturated heterocycles. The summed E-state index contributed by atoms with van der Waals surface area (Å²) in [5.41, 5.74) is 1.69. The zero-order chi connectivity index (χ0) is 16.4. The highest BCUT2D eigenvalue weighted by Gasteiger charge is 2.16. The van der Waals surface area contributed by atoms with Crippen LogP contribution >= 0.6 is 11.3 Å². The molecular formula is C17H12F2N2OS. The van der Waals surface area contributed by atoms with E-state index in [1.54, 1.807) is 25.1 Å². The Labute approximate surface area is 135 Å². The summed E-state index contributed by atoms with van der Waals surface area (Å²) in [5.74, 6) is -1.10. The smallest absolute Gasteiger partial charge is 0.267 e. The summed E-state index contributed by atoms with van der Waals surface area (Å²) >= 11 is 1.21. The van der Waals surface area contributed by atoms with Gasteiger partial charge in [0.05, 0.1) is 5.69 Å². The average molecular weight is 330 g/mol. The minimum absolute atomic E-state index is 0.328. The number of aromatic nitrogens is 1. The maximum Gasteiger partial charge on any atom is 0.267 e. The maximum absolute atomic E-state index is 13.2. The van der Waals surface area contributed by atoms with Crippen LogP contribution in [-0.4, -0.2) is 10.9 Å². The number of aryl methyl sites for hydroxylation is 1. The molecule has 0 aliphatic heterocycles. The third kappa shape index (κ3) is 3.43. The van der Waals surface area contributed by atoms with Gasteiger partial charge in [0.25, 0.3) is 5.91 Å². The number of nitrogens with one attached hydrogen (secondary N) is 1. The normalized spacial score (nSPS) is 10.6. The zero-order valence-electron chi connectivity index (χ0n) is 12.1. The highest BCUT2D eigenvalue weighted by molar-refractivity contribution is 7.17. The summed E-state index contributed by atoms with van der Waals surface area (Å²) < 4.78 is 26.1. The second-order valence-electron chi connectivity index (χ2n) is 4.90. The van der Waals surface area contributed by atoms with E-state index in [1.165, 1.54) is 41.7 Å². The number of carbonyl (C=O) groups is 1. The lowest BCUT2D eigenvalue weighted by Crippen LogP contribution is -2.11. The molecule has 1 heterocycles. The van der Waals surface area contributed by atoms with Gasteiger partial charge in [0, 0.05) is 11.3 Å². The molecule has 3 aromatic rings. The summed E-state index contributed by atoms with van der Waals surface area (Å²) in [7, 11) is 0. The molecule has 6 heteroatoms. The molecule has 3 nitrogen and oxygen atoms in total. The van der Waals surface area contributed by atoms with Crippen LogP contribution < -0.4 is 5.32 Å². The third-order valence-electron chi connectivity index (χ3n) is 3.18. The van der Waals surface area contributed by atoms with E-state index in [2.05, 4.69) is 10.3 Å². The predicted octanol–water partition coefficient (Wildman–Crippen LogP) is 4.65. The SMILES string of the molecule is Cc1nc(-c2ccc(F)cc2)sc1C(=O)Nc1cccc(F)c1. The summed E-state index contributed by atoms with van der Waals surface area (Å²) in [5, 5.41) is 3.28. The number of amides is 1. The Bertz CT molecular complexity index is 859. The second kappa shape index (κ2) is 6.26. The van der Waals surface area contributed by atoms with E-state index < -0.39 is 5.82 Å². The molecule has 0 aliphatic carbocycles. The monoisotopic (exact) mass is 330 g/mol. The van der Waals surface area contributed by atoms with Crippen molar-refractivity contribution in [3.8, 4) is 10.6 Å². The molecule has 1 aromatic heterocycles. The van der Waals surface area contributed by atoms with E-state index >= 15 is 0 Å². The Hall–Kier alpha value is -2.60. The first-order chi connectivity index (χ1) is 11.0. The fraction of sp³-hybridized carbons (Fsp3) is 0.0588. The van der Waals surface area contributed by atoms with Gasteiger partial charge in [-0.2, -0.15) is 0 Å². The van der Waals surface area contributed by atoms with Gasteiger partial charge >= 0.3 is 0 Å². The predicted molar refractivity (Wildman–Crippen MR) is 86.6 cm³/mol. The van der Waals surface area contributed by atoms with E-state index in [0.717, 1.165) is 5.56 Å². The first-order valence-electron chi connectivity index (χ1n) is 6.83. The number of nitrogens with zero attached hydrogens (tertiary/aromatic N) is 1. The molecule has 0 fully saturated rings. The van der Waals surface area contributed by atoms with Crippen molar-refractivity contribution in [2.24, 2.45) is 0 Å². The van der Waals surface area contributed by atoms with Gasteiger partial charge in [-0.1, -0.05) is 6.07 Å². The van der Waals surface area contributed by atoms with E-state index in [-0.39, 0.29) is 11.7 Å². The van der Waals surface area contributed by atoms with E-state index in [1.807, 2.05) is 0 Å². The van der Waals surface area contributed by atoms with Crippen molar-refractivity contribution in [3.05, 3.63) is 70.7 Å². The molecule has 0 aliphatic rings. The quantitative estimate of drug-likeness (QED) is 0.759. The molecular weight excluding hydrogens is 318 g/mol. The Kier molecular flexibility index (Phi) is 4.16. The van der Waals surface area contributed by atoms with E-state index in [9.17, 15) is 13.6 Å². The lowest BCUT2D eigenvalue weighted by Gasteiger charge is -2.03. The molecule has 0 unspecified atom stereocenters. The second-order valence-corrected chi connectivity index (χ2v) is 5.90. The number of carbonyl (C=O) groups excluding carboxylic acids is 1. The van der Waals surface area contributed by atoms with Crippen molar-refractivity contribution in [3.63, 3.8) is 0 Å². The van der Waals surface area contributed by atoms with Crippen LogP contribution in [0.25, 0.3) is 10.6 Å². The van der Waals surface area contributed by atoms with Crippen molar-refractivity contribution in [1.29, 1.82) is 0 Å². The number of hydrogen-bond donors (Lipinski definition) is 1. The van der Waals surface area contributed by atoms with Gasteiger partial charge in [0.2, 0.25) is 0 Å². The summed E-state index contributed by atoms with van der Waals surface area (Å²) in [6.07, 6.45) is 0. The van der Waals surface area contributed by atoms with Crippen LogP contribution in [0.4, 0.5) is 14.5 Å². The lowest BCUT2D eigenvalue weighted by atomic mass is 10.2. The van der Waals surface area contributed by atoms with Crippen molar-refractivity contribution in [1.82, 2.24) is 4.98 Å². The highest BCUT2D eigenvalue weighted by Crippen LogP contribution is 2.28. The van der Waals surface area contributed by atoms with Gasteiger partial charge in [-0.15, -0.1) is 11.3 Å². The number of hydrogen-bond acceptors (Lipinski definition) is 3. The molecule has 0 bridgehead atoms. The van der Waals surface area contributed by atoms with Crippen LogP contribution in [0, 0.1) is 18.6 Å². The molecule has 0 radical (unpaired) electrons. The van der Waals surface area contributed by atoms with Crippen LogP contribution in [0.15, 0.2) is 48.5 Å². The molecule has 23 heavy (non-hydrogen) atoms. The van der Waals surface area contributed by atoms with Gasteiger partial charge in [-0.05, 0) is 49.4 Å². The molecule has 1 N–H and O–H groups in total. The average Bonchev–Trinajstić information content (AvgIpc) is 2.90. The number of rotatable bonds is 3. The first kappa shape index (κ1) is 15.3. The van der Waals surface area contributed by atoms with Gasteiger partial charge in [-0.25, -0.2) is 13.8 Å². The Morgan fingerprint density at radius 3 is 2.52 bits per heavy atom. The van der Waals surface area contributed by atoms with E-state index in [0.29, 0.717) is 21.3 Å². The summed E-state index contributed by atoms with van der Waals surface area (Å²) in [6, 6.07) is 11.6. The molecule has 1 amide bonds. The van der Waals surface area contributed by atoms with Gasteiger partial charge in [-0.3, -0.25) is 4.79 Å². The number of anilines is 1. The van der Waals surface area contributed by atoms with Crippen LogP contribution in [-0.2, 0) is 0 Å². The summed E-state index contributed by atoms with van der Waals surface area (Å²) in [4.78, 5) is 17.1. The van der Waals surface area contributed by atoms with E-state index in [4.69, 9.17) is 0 Å². The van der Waals surface area contributed by atoms with Crippen molar-refractivity contribution < 1.29 is 13.6 Å². The summed E-state index contributed by atoms with van der Waals surface area (Å²) in [6.45, 7) is 1.73. The van der Waals surface area contributed by atoms with Crippen molar-refractivity contribution in [2.45, 2.75) is 6.92 Å². The Morgan fingerprint density at radius 1 is 1.09 bits per heavy atom. The number of benzene rings is 2. The molecule has 3 rings (SSSR count). The van der Waals surface area contributed by atoms with Crippen LogP contribution in [0.3, 0.4) is 0 Å². The minimum Gasteiger partial charge on any atom is -0.321 e. The standard InChI is InChI=1S/C17H12F2N2OS/c1-10-15(16(22)21-14-4-2-3-13(19)9-14)23-17(20-10)11-5-7-12(18)8-6-11/h2-9H,1H3,(H,21,22). The number of thiazole rings is 1. The highest BCUT2D eigenvalue weighted by atomic mass is 32.1.